The maximum atomic E-state index is 10.1. The normalized spacial score (nSPS) is 14.9. The topological polar surface area (TPSA) is 46.2 Å². The molecule has 0 fully saturated rings. The van der Waals surface area contributed by atoms with Gasteiger partial charge in [-0.3, -0.25) is 0 Å². The lowest BCUT2D eigenvalue weighted by Crippen LogP contribution is -2.25. The van der Waals surface area contributed by atoms with Crippen LogP contribution < -0.4 is 5.73 Å². The molecule has 2 heteroatoms. The van der Waals surface area contributed by atoms with Crippen molar-refractivity contribution >= 4 is 0 Å². The summed E-state index contributed by atoms with van der Waals surface area (Å²) >= 11 is 0. The summed E-state index contributed by atoms with van der Waals surface area (Å²) in [7, 11) is 0. The Morgan fingerprint density at radius 1 is 1.12 bits per heavy atom. The highest BCUT2D eigenvalue weighted by Crippen LogP contribution is 2.24. The molecule has 0 heterocycles. The highest BCUT2D eigenvalue weighted by atomic mass is 16.3. The van der Waals surface area contributed by atoms with Gasteiger partial charge in [-0.2, -0.15) is 0 Å². The largest absolute Gasteiger partial charge is 0.392 e. The average Bonchev–Trinajstić information content (AvgIpc) is 2.31. The third kappa shape index (κ3) is 3.83. The van der Waals surface area contributed by atoms with E-state index in [-0.39, 0.29) is 12.0 Å². The van der Waals surface area contributed by atoms with E-state index in [4.69, 9.17) is 5.73 Å². The first kappa shape index (κ1) is 14.2. The van der Waals surface area contributed by atoms with E-state index in [0.717, 1.165) is 18.4 Å². The summed E-state index contributed by atoms with van der Waals surface area (Å²) in [4.78, 5) is 0. The van der Waals surface area contributed by atoms with Crippen LogP contribution >= 0.6 is 0 Å². The van der Waals surface area contributed by atoms with E-state index in [0.29, 0.717) is 12.5 Å². The van der Waals surface area contributed by atoms with E-state index in [1.807, 2.05) is 0 Å². The average molecular weight is 235 g/mol. The Balaban J connectivity index is 2.82. The maximum absolute atomic E-state index is 10.1. The Kier molecular flexibility index (Phi) is 5.66. The predicted molar refractivity (Wildman–Crippen MR) is 73.2 cm³/mol. The summed E-state index contributed by atoms with van der Waals surface area (Å²) in [6, 6.07) is 8.49. The van der Waals surface area contributed by atoms with Crippen molar-refractivity contribution in [1.29, 1.82) is 0 Å². The van der Waals surface area contributed by atoms with Gasteiger partial charge in [0.25, 0.3) is 0 Å². The molecule has 0 radical (unpaired) electrons. The Labute approximate surface area is 105 Å². The minimum atomic E-state index is -0.324. The van der Waals surface area contributed by atoms with E-state index in [2.05, 4.69) is 45.0 Å². The van der Waals surface area contributed by atoms with Gasteiger partial charge in [-0.1, -0.05) is 51.5 Å². The minimum Gasteiger partial charge on any atom is -0.392 e. The quantitative estimate of drug-likeness (QED) is 0.796. The number of aliphatic hydroxyl groups excluding tert-OH is 1. The second-order valence-electron chi connectivity index (χ2n) is 5.02. The van der Waals surface area contributed by atoms with Crippen LogP contribution in [0.15, 0.2) is 24.3 Å². The fourth-order valence-electron chi connectivity index (χ4n) is 2.14. The van der Waals surface area contributed by atoms with Crippen molar-refractivity contribution in [2.24, 2.45) is 5.73 Å². The number of aliphatic hydroxyl groups is 1. The van der Waals surface area contributed by atoms with Crippen LogP contribution in [0.2, 0.25) is 0 Å². The first-order valence-electron chi connectivity index (χ1n) is 6.58. The lowest BCUT2D eigenvalue weighted by molar-refractivity contribution is 0.135. The van der Waals surface area contributed by atoms with Crippen molar-refractivity contribution in [1.82, 2.24) is 0 Å². The molecule has 2 nitrogen and oxygen atoms in total. The third-order valence-corrected chi connectivity index (χ3v) is 3.33. The minimum absolute atomic E-state index is 0.0659. The van der Waals surface area contributed by atoms with Crippen LogP contribution in [0, 0.1) is 0 Å². The van der Waals surface area contributed by atoms with Gasteiger partial charge in [0, 0.05) is 12.5 Å². The summed E-state index contributed by atoms with van der Waals surface area (Å²) < 4.78 is 0. The van der Waals surface area contributed by atoms with Crippen molar-refractivity contribution < 1.29 is 5.11 Å². The molecule has 2 unspecified atom stereocenters. The van der Waals surface area contributed by atoms with Gasteiger partial charge in [0.15, 0.2) is 0 Å². The summed E-state index contributed by atoms with van der Waals surface area (Å²) in [5.74, 6) is 0.608. The lowest BCUT2D eigenvalue weighted by atomic mass is 9.89. The van der Waals surface area contributed by atoms with Crippen molar-refractivity contribution in [2.75, 3.05) is 6.54 Å². The van der Waals surface area contributed by atoms with Crippen molar-refractivity contribution in [3.8, 4) is 0 Å². The molecule has 0 saturated carbocycles. The highest BCUT2D eigenvalue weighted by Gasteiger charge is 2.18. The monoisotopic (exact) mass is 235 g/mol. The van der Waals surface area contributed by atoms with Crippen molar-refractivity contribution in [3.05, 3.63) is 35.4 Å². The van der Waals surface area contributed by atoms with E-state index in [1.165, 1.54) is 5.56 Å². The van der Waals surface area contributed by atoms with Gasteiger partial charge < -0.3 is 10.8 Å². The number of hydrogen-bond acceptors (Lipinski definition) is 2. The molecule has 0 bridgehead atoms. The van der Waals surface area contributed by atoms with E-state index >= 15 is 0 Å². The molecule has 0 saturated heterocycles. The van der Waals surface area contributed by atoms with Gasteiger partial charge >= 0.3 is 0 Å². The summed E-state index contributed by atoms with van der Waals surface area (Å²) in [5, 5.41) is 10.1. The second kappa shape index (κ2) is 6.77. The van der Waals surface area contributed by atoms with Crippen LogP contribution in [0.25, 0.3) is 0 Å². The number of nitrogens with two attached hydrogens (primary N) is 1. The van der Waals surface area contributed by atoms with Crippen LogP contribution in [0.4, 0.5) is 0 Å². The fourth-order valence-corrected chi connectivity index (χ4v) is 2.14. The van der Waals surface area contributed by atoms with Crippen LogP contribution in [0.5, 0.6) is 0 Å². The van der Waals surface area contributed by atoms with Crippen molar-refractivity contribution in [3.63, 3.8) is 0 Å². The molecule has 1 aromatic rings. The zero-order valence-corrected chi connectivity index (χ0v) is 11.2. The summed E-state index contributed by atoms with van der Waals surface area (Å²) in [5.41, 5.74) is 8.25. The maximum Gasteiger partial charge on any atom is 0.0620 e. The smallest absolute Gasteiger partial charge is 0.0620 e. The molecule has 0 spiro atoms. The molecular weight excluding hydrogens is 210 g/mol. The summed E-state index contributed by atoms with van der Waals surface area (Å²) in [6.45, 7) is 6.95. The van der Waals surface area contributed by atoms with Gasteiger partial charge in [-0.15, -0.1) is 0 Å². The first-order valence-corrected chi connectivity index (χ1v) is 6.58. The van der Waals surface area contributed by atoms with Crippen LogP contribution in [0.1, 0.15) is 56.6 Å². The molecule has 0 aromatic heterocycles. The van der Waals surface area contributed by atoms with Crippen LogP contribution in [-0.2, 0) is 0 Å². The number of benzene rings is 1. The molecular formula is C15H25NO. The molecule has 0 amide bonds. The molecule has 0 aliphatic carbocycles. The standard InChI is InChI=1S/C15H25NO/c1-4-5-15(17)14(10-16)13-8-6-12(7-9-13)11(2)3/h6-9,11,14-15,17H,4-5,10,16H2,1-3H3. The Hall–Kier alpha value is -0.860. The molecule has 96 valence electrons. The molecule has 0 aliphatic rings. The van der Waals surface area contributed by atoms with Gasteiger partial charge in [0.1, 0.15) is 0 Å². The summed E-state index contributed by atoms with van der Waals surface area (Å²) in [6.07, 6.45) is 1.48. The van der Waals surface area contributed by atoms with E-state index < -0.39 is 0 Å². The third-order valence-electron chi connectivity index (χ3n) is 3.33. The Morgan fingerprint density at radius 2 is 1.65 bits per heavy atom. The zero-order chi connectivity index (χ0) is 12.8. The molecule has 1 aromatic carbocycles. The second-order valence-corrected chi connectivity index (χ2v) is 5.02. The highest BCUT2D eigenvalue weighted by molar-refractivity contribution is 5.28. The Morgan fingerprint density at radius 3 is 2.06 bits per heavy atom. The predicted octanol–water partition coefficient (Wildman–Crippen LogP) is 3.01. The molecule has 0 aliphatic heterocycles. The van der Waals surface area contributed by atoms with Gasteiger partial charge in [-0.25, -0.2) is 0 Å². The van der Waals surface area contributed by atoms with Crippen LogP contribution in [0.3, 0.4) is 0 Å². The van der Waals surface area contributed by atoms with E-state index in [1.54, 1.807) is 0 Å². The zero-order valence-electron chi connectivity index (χ0n) is 11.2. The van der Waals surface area contributed by atoms with Gasteiger partial charge in [0.2, 0.25) is 0 Å². The first-order chi connectivity index (χ1) is 8.10. The molecule has 1 rings (SSSR count). The fraction of sp³-hybridized carbons (Fsp3) is 0.600. The number of rotatable bonds is 6. The van der Waals surface area contributed by atoms with Crippen LogP contribution in [-0.4, -0.2) is 17.8 Å². The SMILES string of the molecule is CCCC(O)C(CN)c1ccc(C(C)C)cc1. The Bertz CT molecular complexity index is 318. The molecule has 17 heavy (non-hydrogen) atoms. The van der Waals surface area contributed by atoms with Gasteiger partial charge in [-0.05, 0) is 23.5 Å². The number of hydrogen-bond donors (Lipinski definition) is 2. The van der Waals surface area contributed by atoms with Crippen molar-refractivity contribution in [2.45, 2.75) is 51.6 Å². The van der Waals surface area contributed by atoms with E-state index in [9.17, 15) is 5.11 Å². The molecule has 2 atom stereocenters. The lowest BCUT2D eigenvalue weighted by Gasteiger charge is -2.22. The van der Waals surface area contributed by atoms with Gasteiger partial charge in [0.05, 0.1) is 6.10 Å². The molecule has 3 N–H and O–H groups in total.